The molecule has 1 aromatic rings. The fourth-order valence-electron chi connectivity index (χ4n) is 4.58. The predicted molar refractivity (Wildman–Crippen MR) is 124 cm³/mol. The predicted octanol–water partition coefficient (Wildman–Crippen LogP) is 3.42. The molecule has 1 atom stereocenters. The maximum Gasteiger partial charge on any atom is 0.228 e. The molecule has 2 heterocycles. The van der Waals surface area contributed by atoms with Crippen molar-refractivity contribution in [2.45, 2.75) is 26.2 Å². The molecule has 1 amide bonds. The van der Waals surface area contributed by atoms with Crippen molar-refractivity contribution in [3.05, 3.63) is 24.3 Å². The van der Waals surface area contributed by atoms with Gasteiger partial charge < -0.3 is 20.4 Å². The van der Waals surface area contributed by atoms with Crippen molar-refractivity contribution in [1.29, 1.82) is 0 Å². The Morgan fingerprint density at radius 1 is 1.11 bits per heavy atom. The van der Waals surface area contributed by atoms with Crippen molar-refractivity contribution in [2.75, 3.05) is 56.0 Å². The Bertz CT molecular complexity index is 632. The second-order valence-electron chi connectivity index (χ2n) is 7.80. The third-order valence-corrected chi connectivity index (χ3v) is 6.43. The minimum atomic E-state index is 0. The van der Waals surface area contributed by atoms with Crippen LogP contribution in [0.1, 0.15) is 26.2 Å². The van der Waals surface area contributed by atoms with Crippen LogP contribution in [-0.4, -0.2) is 56.6 Å². The second-order valence-corrected chi connectivity index (χ2v) is 7.80. The Kier molecular flexibility index (Phi) is 9.84. The van der Waals surface area contributed by atoms with Crippen LogP contribution in [-0.2, 0) is 4.79 Å². The summed E-state index contributed by atoms with van der Waals surface area (Å²) in [4.78, 5) is 17.7. The summed E-state index contributed by atoms with van der Waals surface area (Å²) in [7, 11) is 0. The number of piperidine rings is 1. The van der Waals surface area contributed by atoms with Gasteiger partial charge in [0.05, 0.1) is 11.4 Å². The first-order chi connectivity index (χ1) is 12.2. The van der Waals surface area contributed by atoms with Crippen LogP contribution in [0.2, 0.25) is 0 Å². The number of hydrogen-bond donors (Lipinski definition) is 2. The number of para-hydroxylation sites is 2. The smallest absolute Gasteiger partial charge is 0.228 e. The monoisotopic (exact) mass is 450 g/mol. The van der Waals surface area contributed by atoms with Crippen LogP contribution in [0.5, 0.6) is 0 Å². The minimum absolute atomic E-state index is 0. The molecule has 0 aromatic heterocycles. The molecule has 1 aliphatic carbocycles. The molecule has 160 valence electrons. The largest absolute Gasteiger partial charge is 0.367 e. The molecule has 28 heavy (non-hydrogen) atoms. The van der Waals surface area contributed by atoms with Crippen LogP contribution < -0.4 is 15.5 Å². The second kappa shape index (κ2) is 10.9. The van der Waals surface area contributed by atoms with Gasteiger partial charge in [0.1, 0.15) is 0 Å². The number of halogens is 3. The average molecular weight is 452 g/mol. The van der Waals surface area contributed by atoms with E-state index in [-0.39, 0.29) is 54.5 Å². The standard InChI is InChI=1S/C20H30N4O.3ClH/c1-2-23-11-13-24(14-12-23)18-6-4-3-5-17(18)22-19(25)16-15-20(16)7-9-21-10-8-20;;;/h3-6,16,21H,2,7-15H2,1H3,(H,22,25);3*1H. The Morgan fingerprint density at radius 2 is 1.75 bits per heavy atom. The third kappa shape index (κ3) is 5.25. The lowest BCUT2D eigenvalue weighted by Crippen LogP contribution is -2.46. The highest BCUT2D eigenvalue weighted by molar-refractivity contribution is 5.98. The van der Waals surface area contributed by atoms with Gasteiger partial charge in [-0.15, -0.1) is 37.2 Å². The van der Waals surface area contributed by atoms with Gasteiger partial charge in [-0.25, -0.2) is 0 Å². The molecule has 0 radical (unpaired) electrons. The van der Waals surface area contributed by atoms with Crippen LogP contribution in [0.25, 0.3) is 0 Å². The van der Waals surface area contributed by atoms with Gasteiger partial charge in [0.2, 0.25) is 5.91 Å². The van der Waals surface area contributed by atoms with Crippen molar-refractivity contribution in [3.8, 4) is 0 Å². The summed E-state index contributed by atoms with van der Waals surface area (Å²) >= 11 is 0. The van der Waals surface area contributed by atoms with Crippen LogP contribution in [0.15, 0.2) is 24.3 Å². The number of nitrogens with zero attached hydrogens (tertiary/aromatic N) is 2. The lowest BCUT2D eigenvalue weighted by molar-refractivity contribution is -0.118. The van der Waals surface area contributed by atoms with Crippen molar-refractivity contribution >= 4 is 54.5 Å². The van der Waals surface area contributed by atoms with E-state index in [0.29, 0.717) is 0 Å². The van der Waals surface area contributed by atoms with Gasteiger partial charge in [-0.05, 0) is 56.4 Å². The van der Waals surface area contributed by atoms with Gasteiger partial charge in [0.15, 0.2) is 0 Å². The van der Waals surface area contributed by atoms with Gasteiger partial charge in [0, 0.05) is 32.1 Å². The first kappa shape index (κ1) is 25.3. The number of piperazine rings is 1. The highest BCUT2D eigenvalue weighted by Crippen LogP contribution is 2.58. The Labute approximate surface area is 187 Å². The van der Waals surface area contributed by atoms with Crippen molar-refractivity contribution in [1.82, 2.24) is 10.2 Å². The molecule has 3 aliphatic rings. The topological polar surface area (TPSA) is 47.6 Å². The molecule has 1 aromatic carbocycles. The third-order valence-electron chi connectivity index (χ3n) is 6.43. The molecule has 5 nitrogen and oxygen atoms in total. The summed E-state index contributed by atoms with van der Waals surface area (Å²) in [6.07, 6.45) is 3.36. The summed E-state index contributed by atoms with van der Waals surface area (Å²) in [6, 6.07) is 8.29. The van der Waals surface area contributed by atoms with E-state index in [4.69, 9.17) is 0 Å². The van der Waals surface area contributed by atoms with Crippen LogP contribution in [0.3, 0.4) is 0 Å². The molecule has 2 saturated heterocycles. The van der Waals surface area contributed by atoms with Gasteiger partial charge in [-0.3, -0.25) is 4.79 Å². The number of carbonyl (C=O) groups is 1. The number of likely N-dealkylation sites (N-methyl/N-ethyl adjacent to an activating group) is 1. The number of anilines is 2. The molecule has 3 fully saturated rings. The molecule has 1 spiro atoms. The van der Waals surface area contributed by atoms with E-state index in [2.05, 4.69) is 45.6 Å². The molecule has 2 N–H and O–H groups in total. The van der Waals surface area contributed by atoms with E-state index < -0.39 is 0 Å². The van der Waals surface area contributed by atoms with E-state index in [9.17, 15) is 4.79 Å². The maximum atomic E-state index is 12.8. The normalized spacial score (nSPS) is 23.0. The lowest BCUT2D eigenvalue weighted by Gasteiger charge is -2.36. The zero-order valence-corrected chi connectivity index (χ0v) is 18.9. The summed E-state index contributed by atoms with van der Waals surface area (Å²) in [5, 5.41) is 6.66. The zero-order valence-electron chi connectivity index (χ0n) is 16.5. The number of amides is 1. The van der Waals surface area contributed by atoms with Gasteiger partial charge >= 0.3 is 0 Å². The highest BCUT2D eigenvalue weighted by atomic mass is 35.5. The Balaban J connectivity index is 0.00000131. The zero-order chi connectivity index (χ0) is 17.3. The number of carbonyl (C=O) groups excluding carboxylic acids is 1. The van der Waals surface area contributed by atoms with Gasteiger partial charge in [-0.2, -0.15) is 0 Å². The molecule has 0 bridgehead atoms. The number of rotatable bonds is 4. The summed E-state index contributed by atoms with van der Waals surface area (Å²) in [5.41, 5.74) is 2.44. The Hall–Kier alpha value is -0.720. The molecular formula is C20H33Cl3N4O. The van der Waals surface area contributed by atoms with Crippen LogP contribution in [0.4, 0.5) is 11.4 Å². The van der Waals surface area contributed by atoms with Crippen molar-refractivity contribution in [3.63, 3.8) is 0 Å². The SMILES string of the molecule is CCN1CCN(c2ccccc2NC(=O)C2CC23CCNCC3)CC1.Cl.Cl.Cl. The summed E-state index contributed by atoms with van der Waals surface area (Å²) in [5.74, 6) is 0.432. The maximum absolute atomic E-state index is 12.8. The molecule has 2 aliphatic heterocycles. The van der Waals surface area contributed by atoms with Crippen LogP contribution >= 0.6 is 37.2 Å². The lowest BCUT2D eigenvalue weighted by atomic mass is 9.92. The highest BCUT2D eigenvalue weighted by Gasteiger charge is 2.57. The Morgan fingerprint density at radius 3 is 2.39 bits per heavy atom. The van der Waals surface area contributed by atoms with E-state index >= 15 is 0 Å². The van der Waals surface area contributed by atoms with Gasteiger partial charge in [0.25, 0.3) is 0 Å². The first-order valence-electron chi connectivity index (χ1n) is 9.80. The number of hydrogen-bond acceptors (Lipinski definition) is 4. The fraction of sp³-hybridized carbons (Fsp3) is 0.650. The molecule has 1 saturated carbocycles. The van der Waals surface area contributed by atoms with Crippen LogP contribution in [0, 0.1) is 11.3 Å². The average Bonchev–Trinajstić information content (AvgIpc) is 3.36. The number of nitrogens with one attached hydrogen (secondary N) is 2. The van der Waals surface area contributed by atoms with E-state index in [1.807, 2.05) is 6.07 Å². The molecule has 8 heteroatoms. The quantitative estimate of drug-likeness (QED) is 0.736. The molecule has 4 rings (SSSR count). The fourth-order valence-corrected chi connectivity index (χ4v) is 4.58. The summed E-state index contributed by atoms with van der Waals surface area (Å²) in [6.45, 7) is 9.69. The number of benzene rings is 1. The summed E-state index contributed by atoms with van der Waals surface area (Å²) < 4.78 is 0. The van der Waals surface area contributed by atoms with Gasteiger partial charge in [-0.1, -0.05) is 19.1 Å². The van der Waals surface area contributed by atoms with E-state index in [1.54, 1.807) is 0 Å². The molecule has 1 unspecified atom stereocenters. The van der Waals surface area contributed by atoms with E-state index in [0.717, 1.165) is 70.8 Å². The molecular weight excluding hydrogens is 419 g/mol. The van der Waals surface area contributed by atoms with Crippen molar-refractivity contribution in [2.24, 2.45) is 11.3 Å². The van der Waals surface area contributed by atoms with Crippen molar-refractivity contribution < 1.29 is 4.79 Å². The van der Waals surface area contributed by atoms with E-state index in [1.165, 1.54) is 5.69 Å². The minimum Gasteiger partial charge on any atom is -0.367 e. The first-order valence-corrected chi connectivity index (χ1v) is 9.80.